The number of ether oxygens (including phenoxy) is 2. The lowest BCUT2D eigenvalue weighted by Crippen LogP contribution is -2.07. The lowest BCUT2D eigenvalue weighted by atomic mass is 10.1. The Morgan fingerprint density at radius 3 is 2.59 bits per heavy atom. The Balaban J connectivity index is 1.51. The first-order chi connectivity index (χ1) is 13.3. The number of carbonyl (C=O) groups is 1. The number of benzene rings is 2. The molecule has 4 aromatic rings. The first-order valence-corrected chi connectivity index (χ1v) is 8.43. The molecule has 0 aliphatic rings. The molecule has 0 spiro atoms. The molecule has 0 N–H and O–H groups in total. The second-order valence-electron chi connectivity index (χ2n) is 5.90. The van der Waals surface area contributed by atoms with Crippen LogP contribution in [0.25, 0.3) is 22.3 Å². The predicted molar refractivity (Wildman–Crippen MR) is 98.0 cm³/mol. The maximum atomic E-state index is 12.5. The van der Waals surface area contributed by atoms with Crippen LogP contribution in [0.2, 0.25) is 0 Å². The largest absolute Gasteiger partial charge is 0.450 e. The average molecular weight is 363 g/mol. The molecule has 0 atom stereocenters. The summed E-state index contributed by atoms with van der Waals surface area (Å²) in [6.45, 7) is 0.160. The zero-order valence-electron chi connectivity index (χ0n) is 14.7. The van der Waals surface area contributed by atoms with Gasteiger partial charge in [0.1, 0.15) is 5.58 Å². The van der Waals surface area contributed by atoms with Gasteiger partial charge in [0, 0.05) is 23.6 Å². The summed E-state index contributed by atoms with van der Waals surface area (Å²) in [7, 11) is 1.56. The van der Waals surface area contributed by atoms with E-state index in [9.17, 15) is 4.79 Å². The van der Waals surface area contributed by atoms with Crippen molar-refractivity contribution in [2.24, 2.45) is 0 Å². The Morgan fingerprint density at radius 1 is 1.00 bits per heavy atom. The molecule has 0 saturated carbocycles. The minimum Gasteiger partial charge on any atom is -0.450 e. The van der Waals surface area contributed by atoms with Crippen molar-refractivity contribution in [1.29, 1.82) is 0 Å². The third-order valence-corrected chi connectivity index (χ3v) is 4.11. The number of aromatic nitrogens is 1. The first-order valence-electron chi connectivity index (χ1n) is 8.43. The van der Waals surface area contributed by atoms with Crippen LogP contribution in [0.5, 0.6) is 0 Å². The minimum absolute atomic E-state index is 0.0882. The lowest BCUT2D eigenvalue weighted by Gasteiger charge is -2.03. The summed E-state index contributed by atoms with van der Waals surface area (Å²) in [5, 5.41) is 0.828. The molecule has 0 amide bonds. The third kappa shape index (κ3) is 3.47. The number of fused-ring (bicyclic) bond motifs is 1. The number of hydrogen-bond donors (Lipinski definition) is 0. The summed E-state index contributed by atoms with van der Waals surface area (Å²) in [6.07, 6.45) is 1.61. The van der Waals surface area contributed by atoms with Gasteiger partial charge in [-0.05, 0) is 6.07 Å². The van der Waals surface area contributed by atoms with Crippen LogP contribution in [-0.4, -0.2) is 18.1 Å². The molecule has 6 nitrogen and oxygen atoms in total. The van der Waals surface area contributed by atoms with Gasteiger partial charge in [0.25, 0.3) is 0 Å². The molecule has 0 fully saturated rings. The van der Waals surface area contributed by atoms with Crippen molar-refractivity contribution < 1.29 is 23.1 Å². The first kappa shape index (κ1) is 17.1. The summed E-state index contributed by atoms with van der Waals surface area (Å²) >= 11 is 0. The van der Waals surface area contributed by atoms with Gasteiger partial charge in [-0.3, -0.25) is 0 Å². The average Bonchev–Trinajstić information content (AvgIpc) is 3.33. The molecule has 0 radical (unpaired) electrons. The summed E-state index contributed by atoms with van der Waals surface area (Å²) in [6, 6.07) is 17.0. The van der Waals surface area contributed by atoms with Crippen LogP contribution in [0.15, 0.2) is 69.6 Å². The molecule has 2 aromatic carbocycles. The summed E-state index contributed by atoms with van der Waals surface area (Å²) in [5.41, 5.74) is 2.18. The van der Waals surface area contributed by atoms with E-state index in [2.05, 4.69) is 4.98 Å². The van der Waals surface area contributed by atoms with E-state index in [0.717, 1.165) is 10.9 Å². The second kappa shape index (κ2) is 7.47. The van der Waals surface area contributed by atoms with Gasteiger partial charge in [-0.1, -0.05) is 48.5 Å². The van der Waals surface area contributed by atoms with E-state index in [0.29, 0.717) is 22.8 Å². The van der Waals surface area contributed by atoms with Crippen molar-refractivity contribution >= 4 is 16.9 Å². The van der Waals surface area contributed by atoms with Gasteiger partial charge in [-0.2, -0.15) is 0 Å². The maximum Gasteiger partial charge on any atom is 0.375 e. The van der Waals surface area contributed by atoms with Gasteiger partial charge in [0.15, 0.2) is 12.4 Å². The Kier molecular flexibility index (Phi) is 4.72. The summed E-state index contributed by atoms with van der Waals surface area (Å²) in [4.78, 5) is 16.7. The number of carbonyl (C=O) groups excluding carboxylic acids is 1. The Labute approximate surface area is 155 Å². The van der Waals surface area contributed by atoms with Crippen molar-refractivity contribution in [3.63, 3.8) is 0 Å². The van der Waals surface area contributed by atoms with Crippen LogP contribution in [0, 0.1) is 0 Å². The van der Waals surface area contributed by atoms with E-state index >= 15 is 0 Å². The van der Waals surface area contributed by atoms with E-state index in [4.69, 9.17) is 18.3 Å². The quantitative estimate of drug-likeness (QED) is 0.466. The maximum absolute atomic E-state index is 12.5. The molecule has 136 valence electrons. The Bertz CT molecular complexity index is 1060. The monoisotopic (exact) mass is 363 g/mol. The molecule has 2 heterocycles. The molecule has 6 heteroatoms. The highest BCUT2D eigenvalue weighted by Crippen LogP contribution is 2.27. The van der Waals surface area contributed by atoms with Gasteiger partial charge >= 0.3 is 5.97 Å². The topological polar surface area (TPSA) is 74.7 Å². The minimum atomic E-state index is -0.585. The molecule has 0 aliphatic heterocycles. The molecule has 0 aliphatic carbocycles. The summed E-state index contributed by atoms with van der Waals surface area (Å²) in [5.74, 6) is 0.475. The van der Waals surface area contributed by atoms with Crippen molar-refractivity contribution in [3.05, 3.63) is 78.0 Å². The van der Waals surface area contributed by atoms with Crippen LogP contribution in [0.4, 0.5) is 0 Å². The fourth-order valence-electron chi connectivity index (χ4n) is 2.86. The molecular weight excluding hydrogens is 346 g/mol. The number of furan rings is 1. The van der Waals surface area contributed by atoms with Gasteiger partial charge in [-0.25, -0.2) is 9.78 Å². The Hall–Kier alpha value is -3.38. The third-order valence-electron chi connectivity index (χ3n) is 4.11. The summed E-state index contributed by atoms with van der Waals surface area (Å²) < 4.78 is 21.9. The molecule has 0 saturated heterocycles. The number of rotatable bonds is 6. The molecule has 4 rings (SSSR count). The van der Waals surface area contributed by atoms with E-state index in [1.54, 1.807) is 19.4 Å². The number of methoxy groups -OCH3 is 1. The second-order valence-corrected chi connectivity index (χ2v) is 5.90. The highest BCUT2D eigenvalue weighted by molar-refractivity contribution is 5.96. The van der Waals surface area contributed by atoms with Crippen LogP contribution in [0.3, 0.4) is 0 Å². The SMILES string of the molecule is COCc1c(C(=O)OCc2ncc(-c3ccccc3)o2)oc2ccccc12. The van der Waals surface area contributed by atoms with Gasteiger partial charge in [0.2, 0.25) is 11.7 Å². The predicted octanol–water partition coefficient (Wildman–Crippen LogP) is 4.59. The molecular formula is C21H17NO5. The smallest absolute Gasteiger partial charge is 0.375 e. The van der Waals surface area contributed by atoms with E-state index in [1.807, 2.05) is 48.5 Å². The number of oxazole rings is 1. The van der Waals surface area contributed by atoms with E-state index < -0.39 is 5.97 Å². The van der Waals surface area contributed by atoms with E-state index in [1.165, 1.54) is 0 Å². The van der Waals surface area contributed by atoms with Crippen LogP contribution in [-0.2, 0) is 22.7 Å². The fourth-order valence-corrected chi connectivity index (χ4v) is 2.86. The molecule has 27 heavy (non-hydrogen) atoms. The normalized spacial score (nSPS) is 11.0. The van der Waals surface area contributed by atoms with Crippen molar-refractivity contribution in [2.75, 3.05) is 7.11 Å². The fraction of sp³-hybridized carbons (Fsp3) is 0.143. The van der Waals surface area contributed by atoms with Crippen LogP contribution in [0.1, 0.15) is 22.0 Å². The van der Waals surface area contributed by atoms with Crippen LogP contribution >= 0.6 is 0 Å². The van der Waals surface area contributed by atoms with E-state index in [-0.39, 0.29) is 19.0 Å². The van der Waals surface area contributed by atoms with Crippen molar-refractivity contribution in [3.8, 4) is 11.3 Å². The van der Waals surface area contributed by atoms with Crippen molar-refractivity contribution in [1.82, 2.24) is 4.98 Å². The number of esters is 1. The number of hydrogen-bond acceptors (Lipinski definition) is 6. The zero-order chi connectivity index (χ0) is 18.6. The van der Waals surface area contributed by atoms with Gasteiger partial charge < -0.3 is 18.3 Å². The number of nitrogens with zero attached hydrogens (tertiary/aromatic N) is 1. The molecule has 0 unspecified atom stereocenters. The van der Waals surface area contributed by atoms with Gasteiger partial charge in [-0.15, -0.1) is 0 Å². The zero-order valence-corrected chi connectivity index (χ0v) is 14.7. The number of para-hydroxylation sites is 1. The van der Waals surface area contributed by atoms with Crippen LogP contribution < -0.4 is 0 Å². The lowest BCUT2D eigenvalue weighted by molar-refractivity contribution is 0.0399. The standard InChI is InChI=1S/C21H17NO5/c1-24-12-16-15-9-5-6-10-17(15)27-20(16)21(23)25-13-19-22-11-18(26-19)14-7-3-2-4-8-14/h2-11H,12-13H2,1H3. The van der Waals surface area contributed by atoms with Crippen molar-refractivity contribution in [2.45, 2.75) is 13.2 Å². The highest BCUT2D eigenvalue weighted by atomic mass is 16.6. The van der Waals surface area contributed by atoms with Gasteiger partial charge in [0.05, 0.1) is 12.8 Å². The molecule has 2 aromatic heterocycles. The highest BCUT2D eigenvalue weighted by Gasteiger charge is 2.22. The molecule has 0 bridgehead atoms. The Morgan fingerprint density at radius 2 is 1.78 bits per heavy atom.